The minimum absolute atomic E-state index is 0.295. The van der Waals surface area contributed by atoms with Gasteiger partial charge in [0.15, 0.2) is 0 Å². The second kappa shape index (κ2) is 5.07. The van der Waals surface area contributed by atoms with Crippen molar-refractivity contribution in [2.24, 2.45) is 0 Å². The Morgan fingerprint density at radius 1 is 0.955 bits per heavy atom. The molecule has 22 heavy (non-hydrogen) atoms. The predicted molar refractivity (Wildman–Crippen MR) is 89.0 cm³/mol. The number of nitrogens with one attached hydrogen (secondary N) is 2. The molecule has 0 spiro atoms. The number of pyridine rings is 1. The lowest BCUT2D eigenvalue weighted by Crippen LogP contribution is -2.01. The molecule has 0 aliphatic rings. The van der Waals surface area contributed by atoms with Crippen molar-refractivity contribution in [1.29, 1.82) is 0 Å². The molecule has 0 saturated heterocycles. The number of phenols is 1. The largest absolute Gasteiger partial charge is 0.508 e. The molecule has 0 unspecified atom stereocenters. The number of aromatic nitrogens is 2. The molecule has 3 N–H and O–H groups in total. The Bertz CT molecular complexity index is 959. The molecule has 2 heterocycles. The number of aromatic hydroxyl groups is 1. The Morgan fingerprint density at radius 2 is 1.77 bits per heavy atom. The topological polar surface area (TPSA) is 60.9 Å². The molecule has 0 fully saturated rings. The van der Waals surface area contributed by atoms with Crippen molar-refractivity contribution in [2.45, 2.75) is 6.54 Å². The minimum atomic E-state index is 0.295. The first-order valence-corrected chi connectivity index (χ1v) is 7.18. The summed E-state index contributed by atoms with van der Waals surface area (Å²) in [5, 5.41) is 15.4. The van der Waals surface area contributed by atoms with Gasteiger partial charge in [-0.2, -0.15) is 0 Å². The number of phenolic OH excluding ortho intramolecular Hbond substituents is 1. The molecule has 2 aromatic carbocycles. The van der Waals surface area contributed by atoms with Crippen LogP contribution < -0.4 is 5.32 Å². The summed E-state index contributed by atoms with van der Waals surface area (Å²) in [5.41, 5.74) is 2.98. The molecule has 0 aliphatic heterocycles. The molecular formula is C18H15N3O. The molecule has 0 amide bonds. The zero-order valence-electron chi connectivity index (χ0n) is 11.9. The van der Waals surface area contributed by atoms with E-state index in [1.165, 1.54) is 5.39 Å². The maximum atomic E-state index is 9.80. The first kappa shape index (κ1) is 12.7. The Balaban J connectivity index is 1.67. The van der Waals surface area contributed by atoms with Crippen LogP contribution in [0.1, 0.15) is 5.56 Å². The summed E-state index contributed by atoms with van der Waals surface area (Å²) in [5.74, 6) is 1.09. The number of anilines is 1. The number of H-pyrrole nitrogens is 1. The SMILES string of the molecule is Oc1ccccc1CNc1cc2c(cn1)[nH]c1ccccc12. The number of hydrogen-bond acceptors (Lipinski definition) is 3. The third-order valence-electron chi connectivity index (χ3n) is 3.84. The van der Waals surface area contributed by atoms with Crippen LogP contribution in [-0.2, 0) is 6.54 Å². The lowest BCUT2D eigenvalue weighted by Gasteiger charge is -2.07. The maximum Gasteiger partial charge on any atom is 0.126 e. The molecule has 0 atom stereocenters. The molecule has 2 aromatic heterocycles. The zero-order chi connectivity index (χ0) is 14.9. The number of para-hydroxylation sites is 2. The van der Waals surface area contributed by atoms with Crippen molar-refractivity contribution < 1.29 is 5.11 Å². The Labute approximate surface area is 127 Å². The van der Waals surface area contributed by atoms with E-state index in [1.54, 1.807) is 6.07 Å². The van der Waals surface area contributed by atoms with Crippen LogP contribution >= 0.6 is 0 Å². The average Bonchev–Trinajstić information content (AvgIpc) is 2.92. The second-order valence-corrected chi connectivity index (χ2v) is 5.27. The number of hydrogen-bond donors (Lipinski definition) is 3. The first-order chi connectivity index (χ1) is 10.8. The van der Waals surface area contributed by atoms with Crippen molar-refractivity contribution in [3.8, 4) is 5.75 Å². The number of rotatable bonds is 3. The zero-order valence-corrected chi connectivity index (χ0v) is 11.9. The van der Waals surface area contributed by atoms with E-state index in [0.717, 1.165) is 27.8 Å². The smallest absolute Gasteiger partial charge is 0.126 e. The van der Waals surface area contributed by atoms with Crippen LogP contribution in [-0.4, -0.2) is 15.1 Å². The van der Waals surface area contributed by atoms with Gasteiger partial charge in [0, 0.05) is 28.4 Å². The van der Waals surface area contributed by atoms with E-state index in [0.29, 0.717) is 12.3 Å². The summed E-state index contributed by atoms with van der Waals surface area (Å²) >= 11 is 0. The fourth-order valence-corrected chi connectivity index (χ4v) is 2.69. The number of nitrogens with zero attached hydrogens (tertiary/aromatic N) is 1. The van der Waals surface area contributed by atoms with E-state index in [9.17, 15) is 5.11 Å². The van der Waals surface area contributed by atoms with Gasteiger partial charge < -0.3 is 15.4 Å². The highest BCUT2D eigenvalue weighted by atomic mass is 16.3. The molecule has 0 aliphatic carbocycles. The monoisotopic (exact) mass is 289 g/mol. The van der Waals surface area contributed by atoms with Crippen molar-refractivity contribution in [2.75, 3.05) is 5.32 Å². The maximum absolute atomic E-state index is 9.80. The fourth-order valence-electron chi connectivity index (χ4n) is 2.69. The van der Waals surface area contributed by atoms with Gasteiger partial charge in [0.2, 0.25) is 0 Å². The van der Waals surface area contributed by atoms with Crippen molar-refractivity contribution >= 4 is 27.6 Å². The highest BCUT2D eigenvalue weighted by Crippen LogP contribution is 2.26. The van der Waals surface area contributed by atoms with Gasteiger partial charge in [0.1, 0.15) is 11.6 Å². The standard InChI is InChI=1S/C18H15N3O/c22-17-8-4-1-5-12(17)10-19-18-9-14-13-6-2-3-7-15(13)21-16(14)11-20-18/h1-9,11,21-22H,10H2,(H,19,20). The van der Waals surface area contributed by atoms with Crippen LogP contribution in [0.25, 0.3) is 21.8 Å². The Hall–Kier alpha value is -3.01. The summed E-state index contributed by atoms with van der Waals surface area (Å²) in [6, 6.07) is 17.6. The van der Waals surface area contributed by atoms with E-state index in [-0.39, 0.29) is 0 Å². The molecule has 4 rings (SSSR count). The van der Waals surface area contributed by atoms with Crippen LogP contribution in [0.2, 0.25) is 0 Å². The summed E-state index contributed by atoms with van der Waals surface area (Å²) in [6.45, 7) is 0.535. The van der Waals surface area contributed by atoms with Crippen LogP contribution in [0.15, 0.2) is 60.8 Å². The third kappa shape index (κ3) is 2.15. The molecular weight excluding hydrogens is 274 g/mol. The van der Waals surface area contributed by atoms with Crippen molar-refractivity contribution in [3.05, 3.63) is 66.4 Å². The summed E-state index contributed by atoms with van der Waals surface area (Å²) < 4.78 is 0. The Morgan fingerprint density at radius 3 is 2.68 bits per heavy atom. The van der Waals surface area contributed by atoms with E-state index in [1.807, 2.05) is 42.6 Å². The summed E-state index contributed by atoms with van der Waals surface area (Å²) in [6.07, 6.45) is 1.84. The Kier molecular flexibility index (Phi) is 2.93. The van der Waals surface area contributed by atoms with E-state index in [2.05, 4.69) is 27.4 Å². The second-order valence-electron chi connectivity index (χ2n) is 5.27. The molecule has 4 aromatic rings. The molecule has 0 bridgehead atoms. The van der Waals surface area contributed by atoms with Gasteiger partial charge in [-0.05, 0) is 18.2 Å². The van der Waals surface area contributed by atoms with Gasteiger partial charge >= 0.3 is 0 Å². The van der Waals surface area contributed by atoms with Gasteiger partial charge in [0.05, 0.1) is 11.7 Å². The van der Waals surface area contributed by atoms with Crippen molar-refractivity contribution in [3.63, 3.8) is 0 Å². The average molecular weight is 289 g/mol. The van der Waals surface area contributed by atoms with E-state index in [4.69, 9.17) is 0 Å². The normalized spacial score (nSPS) is 11.1. The summed E-state index contributed by atoms with van der Waals surface area (Å²) in [7, 11) is 0. The highest BCUT2D eigenvalue weighted by molar-refractivity contribution is 6.07. The van der Waals surface area contributed by atoms with Crippen LogP contribution in [0.3, 0.4) is 0 Å². The van der Waals surface area contributed by atoms with E-state index >= 15 is 0 Å². The van der Waals surface area contributed by atoms with Gasteiger partial charge in [0.25, 0.3) is 0 Å². The molecule has 0 saturated carbocycles. The quantitative estimate of drug-likeness (QED) is 0.533. The number of fused-ring (bicyclic) bond motifs is 3. The summed E-state index contributed by atoms with van der Waals surface area (Å²) in [4.78, 5) is 7.78. The number of aromatic amines is 1. The minimum Gasteiger partial charge on any atom is -0.508 e. The van der Waals surface area contributed by atoms with Gasteiger partial charge in [-0.25, -0.2) is 4.98 Å². The highest BCUT2D eigenvalue weighted by Gasteiger charge is 2.06. The number of benzene rings is 2. The van der Waals surface area contributed by atoms with Gasteiger partial charge in [-0.3, -0.25) is 0 Å². The van der Waals surface area contributed by atoms with Gasteiger partial charge in [-0.1, -0.05) is 36.4 Å². The van der Waals surface area contributed by atoms with Crippen molar-refractivity contribution in [1.82, 2.24) is 9.97 Å². The molecule has 4 heteroatoms. The van der Waals surface area contributed by atoms with E-state index < -0.39 is 0 Å². The molecule has 4 nitrogen and oxygen atoms in total. The molecule has 0 radical (unpaired) electrons. The third-order valence-corrected chi connectivity index (χ3v) is 3.84. The molecule has 108 valence electrons. The van der Waals surface area contributed by atoms with Crippen LogP contribution in [0.4, 0.5) is 5.82 Å². The fraction of sp³-hybridized carbons (Fsp3) is 0.0556. The van der Waals surface area contributed by atoms with Gasteiger partial charge in [-0.15, -0.1) is 0 Å². The van der Waals surface area contributed by atoms with Crippen LogP contribution in [0, 0.1) is 0 Å². The lowest BCUT2D eigenvalue weighted by molar-refractivity contribution is 0.469. The lowest BCUT2D eigenvalue weighted by atomic mass is 10.2. The first-order valence-electron chi connectivity index (χ1n) is 7.18. The van der Waals surface area contributed by atoms with Crippen LogP contribution in [0.5, 0.6) is 5.75 Å². The predicted octanol–water partition coefficient (Wildman–Crippen LogP) is 4.03.